The van der Waals surface area contributed by atoms with Gasteiger partial charge in [-0.2, -0.15) is 0 Å². The summed E-state index contributed by atoms with van der Waals surface area (Å²) in [6.07, 6.45) is 0. The normalized spacial score (nSPS) is 16.7. The van der Waals surface area contributed by atoms with Crippen molar-refractivity contribution in [3.05, 3.63) is 101 Å². The van der Waals surface area contributed by atoms with Crippen LogP contribution in [0.4, 0.5) is 0 Å². The molecule has 0 aliphatic carbocycles. The molecule has 0 unspecified atom stereocenters. The van der Waals surface area contributed by atoms with Crippen LogP contribution in [-0.2, 0) is 10.3 Å². The largest absolute Gasteiger partial charge is 0.487 e. The van der Waals surface area contributed by atoms with Gasteiger partial charge in [0.2, 0.25) is 0 Å². The van der Waals surface area contributed by atoms with Crippen molar-refractivity contribution < 1.29 is 23.7 Å². The average molecular weight is 568 g/mol. The van der Waals surface area contributed by atoms with Crippen molar-refractivity contribution in [1.29, 1.82) is 0 Å². The van der Waals surface area contributed by atoms with Gasteiger partial charge in [-0.15, -0.1) is 0 Å². The second kappa shape index (κ2) is 8.67. The summed E-state index contributed by atoms with van der Waals surface area (Å²) in [4.78, 5) is 18.3. The molecule has 0 fully saturated rings. The van der Waals surface area contributed by atoms with Gasteiger partial charge in [0.05, 0.1) is 5.56 Å². The van der Waals surface area contributed by atoms with Crippen LogP contribution in [0.1, 0.15) is 27.0 Å². The van der Waals surface area contributed by atoms with Crippen LogP contribution in [0, 0.1) is 3.57 Å². The number of hydrogen-bond acceptors (Lipinski definition) is 7. The highest BCUT2D eigenvalue weighted by molar-refractivity contribution is 14.1. The van der Waals surface area contributed by atoms with E-state index >= 15 is 0 Å². The molecule has 2 aliphatic heterocycles. The standard InChI is InChI=1S/C22H13IN6O5/c23-12-1-4-16-15(7-12)21(30)34-22(16)17-5-2-13(31-10-26-28-24)8-19(17)33-20-9-14(3-6-18(20)22)32-11-27-29-25/h1-9H,10-11H2. The summed E-state index contributed by atoms with van der Waals surface area (Å²) < 4.78 is 24.1. The van der Waals surface area contributed by atoms with E-state index in [2.05, 4.69) is 42.6 Å². The molecule has 11 nitrogen and oxygen atoms in total. The first kappa shape index (κ1) is 21.7. The molecular formula is C22H13IN6O5. The Morgan fingerprint density at radius 1 is 0.853 bits per heavy atom. The number of ether oxygens (including phenoxy) is 4. The zero-order chi connectivity index (χ0) is 23.7. The third kappa shape index (κ3) is 3.50. The van der Waals surface area contributed by atoms with E-state index in [9.17, 15) is 4.79 Å². The molecule has 0 saturated heterocycles. The average Bonchev–Trinajstić information content (AvgIpc) is 3.11. The molecule has 0 radical (unpaired) electrons. The van der Waals surface area contributed by atoms with Gasteiger partial charge in [0, 0.05) is 42.2 Å². The maximum Gasteiger partial charge on any atom is 0.340 e. The smallest absolute Gasteiger partial charge is 0.340 e. The Hall–Kier alpha value is -4.12. The summed E-state index contributed by atoms with van der Waals surface area (Å²) in [6.45, 7) is -0.380. The van der Waals surface area contributed by atoms with Crippen LogP contribution in [0.25, 0.3) is 20.9 Å². The topological polar surface area (TPSA) is 152 Å². The van der Waals surface area contributed by atoms with E-state index in [0.717, 1.165) is 3.57 Å². The minimum absolute atomic E-state index is 0.190. The second-order valence-corrected chi connectivity index (χ2v) is 8.43. The molecule has 5 rings (SSSR count). The maximum absolute atomic E-state index is 13.0. The molecule has 2 heterocycles. The molecule has 34 heavy (non-hydrogen) atoms. The van der Waals surface area contributed by atoms with E-state index in [0.29, 0.717) is 45.3 Å². The summed E-state index contributed by atoms with van der Waals surface area (Å²) >= 11 is 2.15. The van der Waals surface area contributed by atoms with Crippen molar-refractivity contribution >= 4 is 28.6 Å². The monoisotopic (exact) mass is 568 g/mol. The SMILES string of the molecule is [N-]=[N+]=NCOc1ccc2c(c1)Oc1cc(OCN=[N+]=[N-])ccc1C21OC(=O)c2cc(I)ccc21. The molecule has 2 aliphatic rings. The summed E-state index contributed by atoms with van der Waals surface area (Å²) in [5.41, 5.74) is 18.1. The van der Waals surface area contributed by atoms with E-state index < -0.39 is 11.6 Å². The number of carbonyl (C=O) groups is 1. The lowest BCUT2D eigenvalue weighted by Crippen LogP contribution is -2.33. The first-order valence-electron chi connectivity index (χ1n) is 9.84. The van der Waals surface area contributed by atoms with Crippen LogP contribution in [0.3, 0.4) is 0 Å². The van der Waals surface area contributed by atoms with E-state index in [1.807, 2.05) is 12.1 Å². The van der Waals surface area contributed by atoms with Crippen molar-refractivity contribution in [3.8, 4) is 23.0 Å². The Kier molecular flexibility index (Phi) is 5.54. The van der Waals surface area contributed by atoms with Gasteiger partial charge in [-0.1, -0.05) is 16.3 Å². The molecule has 0 N–H and O–H groups in total. The van der Waals surface area contributed by atoms with Gasteiger partial charge in [0.15, 0.2) is 19.1 Å². The Labute approximate surface area is 205 Å². The summed E-state index contributed by atoms with van der Waals surface area (Å²) in [5, 5.41) is 6.76. The van der Waals surface area contributed by atoms with Crippen molar-refractivity contribution in [2.24, 2.45) is 10.2 Å². The van der Waals surface area contributed by atoms with Crippen LogP contribution in [0.2, 0.25) is 0 Å². The first-order valence-corrected chi connectivity index (χ1v) is 10.9. The van der Waals surface area contributed by atoms with E-state index in [1.54, 1.807) is 42.5 Å². The Morgan fingerprint density at radius 2 is 1.41 bits per heavy atom. The highest BCUT2D eigenvalue weighted by Crippen LogP contribution is 2.57. The first-order chi connectivity index (χ1) is 16.6. The molecule has 3 aromatic carbocycles. The highest BCUT2D eigenvalue weighted by atomic mass is 127. The van der Waals surface area contributed by atoms with E-state index in [1.165, 1.54) is 0 Å². The fraction of sp³-hybridized carbons (Fsp3) is 0.136. The molecule has 0 aromatic heterocycles. The van der Waals surface area contributed by atoms with Crippen molar-refractivity contribution in [2.45, 2.75) is 5.60 Å². The molecule has 0 amide bonds. The van der Waals surface area contributed by atoms with Crippen LogP contribution in [0.15, 0.2) is 64.8 Å². The van der Waals surface area contributed by atoms with Crippen LogP contribution in [0.5, 0.6) is 23.0 Å². The minimum Gasteiger partial charge on any atom is -0.487 e. The number of carbonyl (C=O) groups excluding carboxylic acids is 1. The van der Waals surface area contributed by atoms with Gasteiger partial charge in [-0.25, -0.2) is 4.79 Å². The summed E-state index contributed by atoms with van der Waals surface area (Å²) in [6, 6.07) is 15.8. The van der Waals surface area contributed by atoms with Gasteiger partial charge in [0.1, 0.15) is 23.0 Å². The lowest BCUT2D eigenvalue weighted by atomic mass is 9.77. The van der Waals surface area contributed by atoms with Gasteiger partial charge in [-0.3, -0.25) is 0 Å². The molecule has 168 valence electrons. The van der Waals surface area contributed by atoms with E-state index in [4.69, 9.17) is 30.0 Å². The third-order valence-corrected chi connectivity index (χ3v) is 6.09. The molecule has 0 saturated carbocycles. The van der Waals surface area contributed by atoms with Gasteiger partial charge in [-0.05, 0) is 70.1 Å². The van der Waals surface area contributed by atoms with Crippen molar-refractivity contribution in [2.75, 3.05) is 13.5 Å². The van der Waals surface area contributed by atoms with Crippen LogP contribution in [-0.4, -0.2) is 19.4 Å². The van der Waals surface area contributed by atoms with Crippen molar-refractivity contribution in [3.63, 3.8) is 0 Å². The summed E-state index contributed by atoms with van der Waals surface area (Å²) in [7, 11) is 0. The minimum atomic E-state index is -1.24. The molecule has 12 heteroatoms. The lowest BCUT2D eigenvalue weighted by molar-refractivity contribution is 0.0224. The Bertz CT molecular complexity index is 1360. The molecule has 0 atom stereocenters. The fourth-order valence-electron chi connectivity index (χ4n) is 4.10. The maximum atomic E-state index is 13.0. The van der Waals surface area contributed by atoms with Crippen LogP contribution >= 0.6 is 22.6 Å². The van der Waals surface area contributed by atoms with Crippen molar-refractivity contribution in [1.82, 2.24) is 0 Å². The number of hydrogen-bond donors (Lipinski definition) is 0. The number of rotatable bonds is 6. The quantitative estimate of drug-likeness (QED) is 0.115. The fourth-order valence-corrected chi connectivity index (χ4v) is 4.59. The second-order valence-electron chi connectivity index (χ2n) is 7.19. The number of nitrogens with zero attached hydrogens (tertiary/aromatic N) is 6. The highest BCUT2D eigenvalue weighted by Gasteiger charge is 2.53. The van der Waals surface area contributed by atoms with Crippen LogP contribution < -0.4 is 14.2 Å². The summed E-state index contributed by atoms with van der Waals surface area (Å²) in [5.74, 6) is 1.18. The zero-order valence-corrected chi connectivity index (χ0v) is 19.4. The Morgan fingerprint density at radius 3 is 1.97 bits per heavy atom. The molecule has 1 spiro atoms. The lowest BCUT2D eigenvalue weighted by Gasteiger charge is -2.36. The predicted octanol–water partition coefficient (Wildman–Crippen LogP) is 6.15. The number of esters is 1. The molecular weight excluding hydrogens is 555 g/mol. The Balaban J connectivity index is 1.68. The number of azide groups is 2. The zero-order valence-electron chi connectivity index (χ0n) is 17.2. The molecule has 0 bridgehead atoms. The predicted molar refractivity (Wildman–Crippen MR) is 127 cm³/mol. The van der Waals surface area contributed by atoms with Gasteiger partial charge >= 0.3 is 5.97 Å². The van der Waals surface area contributed by atoms with E-state index in [-0.39, 0.29) is 13.5 Å². The third-order valence-electron chi connectivity index (χ3n) is 5.42. The van der Waals surface area contributed by atoms with Gasteiger partial charge < -0.3 is 18.9 Å². The number of fused-ring (bicyclic) bond motifs is 6. The number of benzene rings is 3. The molecule has 3 aromatic rings. The number of halogens is 1. The van der Waals surface area contributed by atoms with Gasteiger partial charge in [0.25, 0.3) is 0 Å².